The molecule has 0 saturated carbocycles. The maximum Gasteiger partial charge on any atom is 0.325 e. The third-order valence-corrected chi connectivity index (χ3v) is 3.40. The first-order valence-corrected chi connectivity index (χ1v) is 6.84. The molecule has 0 radical (unpaired) electrons. The summed E-state index contributed by atoms with van der Waals surface area (Å²) in [5, 5.41) is 3.89. The molecular weight excluding hydrogens is 222 g/mol. The third-order valence-electron chi connectivity index (χ3n) is 2.30. The van der Waals surface area contributed by atoms with Crippen molar-refractivity contribution < 1.29 is 9.53 Å². The molecule has 1 N–H and O–H groups in total. The molecule has 0 aliphatic rings. The Bertz CT molecular complexity index is 219. The van der Waals surface area contributed by atoms with E-state index in [0.29, 0.717) is 5.25 Å². The van der Waals surface area contributed by atoms with Crippen LogP contribution in [0.3, 0.4) is 0 Å². The predicted octanol–water partition coefficient (Wildman–Crippen LogP) is 2.45. The largest absolute Gasteiger partial charge is 0.468 e. The zero-order valence-electron chi connectivity index (χ0n) is 11.3. The summed E-state index contributed by atoms with van der Waals surface area (Å²) in [6.07, 6.45) is 0.792. The van der Waals surface area contributed by atoms with Crippen LogP contribution in [-0.2, 0) is 9.53 Å². The Morgan fingerprint density at radius 3 is 2.31 bits per heavy atom. The summed E-state index contributed by atoms with van der Waals surface area (Å²) in [4.78, 5) is 11.8. The summed E-state index contributed by atoms with van der Waals surface area (Å²) in [5.74, 6) is 0.786. The van der Waals surface area contributed by atoms with E-state index in [1.54, 1.807) is 0 Å². The first kappa shape index (κ1) is 15.8. The Balaban J connectivity index is 4.36. The molecule has 96 valence electrons. The number of ether oxygens (including phenoxy) is 1. The van der Waals surface area contributed by atoms with E-state index >= 15 is 0 Å². The van der Waals surface area contributed by atoms with E-state index in [-0.39, 0.29) is 12.0 Å². The van der Waals surface area contributed by atoms with Gasteiger partial charge in [0, 0.05) is 6.04 Å². The number of methoxy groups -OCH3 is 1. The lowest BCUT2D eigenvalue weighted by molar-refractivity contribution is -0.148. The van der Waals surface area contributed by atoms with Gasteiger partial charge < -0.3 is 4.74 Å². The average molecular weight is 247 g/mol. The van der Waals surface area contributed by atoms with Gasteiger partial charge in [0.1, 0.15) is 5.54 Å². The average Bonchev–Trinajstić information content (AvgIpc) is 2.14. The Kier molecular flexibility index (Phi) is 7.07. The second-order valence-corrected chi connectivity index (χ2v) is 6.48. The Hall–Kier alpha value is -0.220. The zero-order valence-corrected chi connectivity index (χ0v) is 12.1. The molecule has 0 aliphatic carbocycles. The van der Waals surface area contributed by atoms with E-state index in [0.717, 1.165) is 12.2 Å². The summed E-state index contributed by atoms with van der Waals surface area (Å²) >= 11 is 1.87. The molecule has 16 heavy (non-hydrogen) atoms. The zero-order chi connectivity index (χ0) is 12.8. The number of rotatable bonds is 7. The minimum absolute atomic E-state index is 0.175. The first-order chi connectivity index (χ1) is 7.31. The van der Waals surface area contributed by atoms with Gasteiger partial charge in [0.2, 0.25) is 0 Å². The monoisotopic (exact) mass is 247 g/mol. The van der Waals surface area contributed by atoms with E-state index in [1.807, 2.05) is 32.5 Å². The molecule has 0 rings (SSSR count). The van der Waals surface area contributed by atoms with Crippen LogP contribution in [0.1, 0.15) is 41.0 Å². The second kappa shape index (κ2) is 7.17. The maximum atomic E-state index is 11.8. The molecule has 0 saturated heterocycles. The molecule has 0 spiro atoms. The Morgan fingerprint density at radius 2 is 1.94 bits per heavy atom. The lowest BCUT2D eigenvalue weighted by Crippen LogP contribution is -2.53. The van der Waals surface area contributed by atoms with Crippen molar-refractivity contribution in [3.8, 4) is 0 Å². The summed E-state index contributed by atoms with van der Waals surface area (Å²) in [6, 6.07) is 0.271. The number of esters is 1. The molecule has 0 aliphatic heterocycles. The number of hydrogen-bond donors (Lipinski definition) is 1. The van der Waals surface area contributed by atoms with Crippen molar-refractivity contribution in [3.05, 3.63) is 0 Å². The molecule has 0 aromatic heterocycles. The van der Waals surface area contributed by atoms with Gasteiger partial charge in [-0.25, -0.2) is 0 Å². The fourth-order valence-corrected chi connectivity index (χ4v) is 2.59. The summed E-state index contributed by atoms with van der Waals surface area (Å²) in [7, 11) is 1.44. The van der Waals surface area contributed by atoms with Crippen LogP contribution < -0.4 is 5.32 Å². The van der Waals surface area contributed by atoms with Crippen molar-refractivity contribution in [2.75, 3.05) is 12.9 Å². The first-order valence-electron chi connectivity index (χ1n) is 5.79. The van der Waals surface area contributed by atoms with Crippen LogP contribution in [0.25, 0.3) is 0 Å². The van der Waals surface area contributed by atoms with Crippen LogP contribution in [0.2, 0.25) is 0 Å². The Morgan fingerprint density at radius 1 is 1.38 bits per heavy atom. The lowest BCUT2D eigenvalue weighted by Gasteiger charge is -2.30. The second-order valence-electron chi connectivity index (χ2n) is 4.79. The van der Waals surface area contributed by atoms with Gasteiger partial charge in [-0.15, -0.1) is 0 Å². The number of carbonyl (C=O) groups excluding carboxylic acids is 1. The number of thioether (sulfide) groups is 1. The Labute approximate surface area is 104 Å². The fraction of sp³-hybridized carbons (Fsp3) is 0.917. The van der Waals surface area contributed by atoms with E-state index in [1.165, 1.54) is 7.11 Å². The van der Waals surface area contributed by atoms with E-state index < -0.39 is 5.54 Å². The molecule has 1 unspecified atom stereocenters. The molecule has 0 aromatic carbocycles. The summed E-state index contributed by atoms with van der Waals surface area (Å²) < 4.78 is 4.86. The van der Waals surface area contributed by atoms with Crippen molar-refractivity contribution in [2.45, 2.75) is 57.9 Å². The third kappa shape index (κ3) is 5.75. The molecule has 0 fully saturated rings. The summed E-state index contributed by atoms with van der Waals surface area (Å²) in [5.41, 5.74) is -0.565. The molecular formula is C12H25NO2S. The van der Waals surface area contributed by atoms with E-state index in [2.05, 4.69) is 19.2 Å². The van der Waals surface area contributed by atoms with Gasteiger partial charge in [-0.05, 0) is 38.2 Å². The fourth-order valence-electron chi connectivity index (χ4n) is 1.59. The minimum Gasteiger partial charge on any atom is -0.468 e. The molecule has 4 heteroatoms. The molecule has 0 heterocycles. The van der Waals surface area contributed by atoms with Crippen molar-refractivity contribution in [2.24, 2.45) is 0 Å². The molecule has 3 nitrogen and oxygen atoms in total. The van der Waals surface area contributed by atoms with Gasteiger partial charge in [-0.1, -0.05) is 13.8 Å². The van der Waals surface area contributed by atoms with Crippen molar-refractivity contribution in [1.82, 2.24) is 5.32 Å². The topological polar surface area (TPSA) is 38.3 Å². The quantitative estimate of drug-likeness (QED) is 0.701. The van der Waals surface area contributed by atoms with Gasteiger partial charge in [0.25, 0.3) is 0 Å². The van der Waals surface area contributed by atoms with Gasteiger partial charge in [-0.2, -0.15) is 11.8 Å². The van der Waals surface area contributed by atoms with Gasteiger partial charge in [-0.3, -0.25) is 10.1 Å². The van der Waals surface area contributed by atoms with E-state index in [9.17, 15) is 4.79 Å². The van der Waals surface area contributed by atoms with Crippen LogP contribution in [0.15, 0.2) is 0 Å². The van der Waals surface area contributed by atoms with Crippen LogP contribution >= 0.6 is 11.8 Å². The standard InChI is InChI=1S/C12H25NO2S/c1-9(2)13-12(5,11(14)15-6)7-8-16-10(3)4/h9-10,13H,7-8H2,1-6H3. The maximum absolute atomic E-state index is 11.8. The molecule has 0 aromatic rings. The number of carbonyl (C=O) groups is 1. The smallest absolute Gasteiger partial charge is 0.325 e. The summed E-state index contributed by atoms with van der Waals surface area (Å²) in [6.45, 7) is 10.3. The molecule has 1 atom stereocenters. The minimum atomic E-state index is -0.565. The number of hydrogen-bond acceptors (Lipinski definition) is 4. The highest BCUT2D eigenvalue weighted by Crippen LogP contribution is 2.19. The lowest BCUT2D eigenvalue weighted by atomic mass is 9.98. The van der Waals surface area contributed by atoms with Crippen LogP contribution in [0.4, 0.5) is 0 Å². The highest BCUT2D eigenvalue weighted by Gasteiger charge is 2.34. The van der Waals surface area contributed by atoms with Crippen LogP contribution in [-0.4, -0.2) is 35.7 Å². The number of nitrogens with one attached hydrogen (secondary N) is 1. The van der Waals surface area contributed by atoms with Gasteiger partial charge in [0.15, 0.2) is 0 Å². The highest BCUT2D eigenvalue weighted by molar-refractivity contribution is 7.99. The SMILES string of the molecule is COC(=O)C(C)(CCSC(C)C)NC(C)C. The van der Waals surface area contributed by atoms with E-state index in [4.69, 9.17) is 4.74 Å². The van der Waals surface area contributed by atoms with Crippen molar-refractivity contribution >= 4 is 17.7 Å². The van der Waals surface area contributed by atoms with Crippen LogP contribution in [0.5, 0.6) is 0 Å². The van der Waals surface area contributed by atoms with Crippen LogP contribution in [0, 0.1) is 0 Å². The van der Waals surface area contributed by atoms with Gasteiger partial charge in [0.05, 0.1) is 7.11 Å². The highest BCUT2D eigenvalue weighted by atomic mass is 32.2. The molecule has 0 bridgehead atoms. The van der Waals surface area contributed by atoms with Crippen molar-refractivity contribution in [1.29, 1.82) is 0 Å². The predicted molar refractivity (Wildman–Crippen MR) is 70.9 cm³/mol. The molecule has 0 amide bonds. The van der Waals surface area contributed by atoms with Gasteiger partial charge >= 0.3 is 5.97 Å². The normalized spacial score (nSPS) is 15.2. The van der Waals surface area contributed by atoms with Crippen molar-refractivity contribution in [3.63, 3.8) is 0 Å².